The van der Waals surface area contributed by atoms with Crippen LogP contribution in [0.4, 0.5) is 0 Å². The molecule has 27 heavy (non-hydrogen) atoms. The van der Waals surface area contributed by atoms with E-state index in [1.807, 2.05) is 0 Å². The van der Waals surface area contributed by atoms with E-state index in [4.69, 9.17) is 0 Å². The molecule has 0 fully saturated rings. The van der Waals surface area contributed by atoms with Gasteiger partial charge in [0.1, 0.15) is 0 Å². The number of benzene rings is 2. The molecule has 0 unspecified atom stereocenters. The average Bonchev–Trinajstić information content (AvgIpc) is 2.65. The van der Waals surface area contributed by atoms with Crippen molar-refractivity contribution in [1.82, 2.24) is 4.90 Å². The van der Waals surface area contributed by atoms with E-state index in [0.717, 1.165) is 0 Å². The predicted molar refractivity (Wildman–Crippen MR) is 99.7 cm³/mol. The molecule has 0 aliphatic rings. The Kier molecular flexibility index (Phi) is 5.80. The second-order valence-corrected chi connectivity index (χ2v) is 6.32. The first-order valence-electron chi connectivity index (χ1n) is 8.18. The van der Waals surface area contributed by atoms with E-state index in [9.17, 15) is 24.0 Å². The van der Waals surface area contributed by atoms with E-state index in [0.29, 0.717) is 6.29 Å². The molecular weight excluding hydrogens is 346 g/mol. The minimum absolute atomic E-state index is 0.119. The number of amides is 1. The van der Waals surface area contributed by atoms with E-state index in [1.54, 1.807) is 14.1 Å². The van der Waals surface area contributed by atoms with Crippen molar-refractivity contribution in [2.75, 3.05) is 14.1 Å². The molecule has 1 amide bonds. The maximum Gasteiger partial charge on any atom is 0.254 e. The number of nitrogens with zero attached hydrogens (tertiary/aromatic N) is 1. The molecule has 6 heteroatoms. The summed E-state index contributed by atoms with van der Waals surface area (Å²) in [4.78, 5) is 61.1. The van der Waals surface area contributed by atoms with Gasteiger partial charge in [-0.05, 0) is 32.0 Å². The number of carbonyl (C=O) groups is 5. The van der Waals surface area contributed by atoms with Crippen LogP contribution in [-0.2, 0) is 0 Å². The summed E-state index contributed by atoms with van der Waals surface area (Å²) in [5.74, 6) is -1.41. The number of carbonyl (C=O) groups excluding carboxylic acids is 5. The number of aldehydes is 1. The molecule has 0 aliphatic carbocycles. The Morgan fingerprint density at radius 3 is 1.78 bits per heavy atom. The molecule has 0 spiro atoms. The fourth-order valence-electron chi connectivity index (χ4n) is 2.68. The van der Waals surface area contributed by atoms with E-state index < -0.39 is 11.7 Å². The van der Waals surface area contributed by atoms with Gasteiger partial charge in [0.2, 0.25) is 0 Å². The molecule has 138 valence electrons. The minimum atomic E-state index is -0.419. The van der Waals surface area contributed by atoms with Crippen molar-refractivity contribution >= 4 is 29.5 Å². The molecule has 2 aromatic rings. The summed E-state index contributed by atoms with van der Waals surface area (Å²) in [5.41, 5.74) is 1.14. The molecule has 0 aromatic heterocycles. The SMILES string of the molecule is CC(=O)c1ccc(C(=O)c2ccc(C=O)c(C(=O)N(C)C)c2)cc1C(C)=O. The Balaban J connectivity index is 2.55. The number of hydrogen-bond donors (Lipinski definition) is 0. The molecule has 0 heterocycles. The third-order valence-corrected chi connectivity index (χ3v) is 4.12. The highest BCUT2D eigenvalue weighted by molar-refractivity contribution is 6.14. The Morgan fingerprint density at radius 2 is 1.30 bits per heavy atom. The minimum Gasteiger partial charge on any atom is -0.345 e. The van der Waals surface area contributed by atoms with Gasteiger partial charge in [-0.1, -0.05) is 18.2 Å². The van der Waals surface area contributed by atoms with Crippen LogP contribution in [0.15, 0.2) is 36.4 Å². The molecule has 0 atom stereocenters. The van der Waals surface area contributed by atoms with Crippen LogP contribution in [0, 0.1) is 0 Å². The van der Waals surface area contributed by atoms with Crippen molar-refractivity contribution in [3.05, 3.63) is 69.8 Å². The van der Waals surface area contributed by atoms with Gasteiger partial charge in [-0.3, -0.25) is 24.0 Å². The Hall–Kier alpha value is -3.41. The standard InChI is InChI=1S/C21H19NO5/c1-12(24)17-8-7-15(9-18(17)13(2)25)20(26)14-5-6-16(11-23)19(10-14)21(27)22(3)4/h5-11H,1-4H3. The lowest BCUT2D eigenvalue weighted by Gasteiger charge is -2.13. The van der Waals surface area contributed by atoms with Gasteiger partial charge >= 0.3 is 0 Å². The van der Waals surface area contributed by atoms with Gasteiger partial charge in [-0.25, -0.2) is 0 Å². The molecule has 0 saturated carbocycles. The number of rotatable bonds is 6. The van der Waals surface area contributed by atoms with Crippen LogP contribution in [0.25, 0.3) is 0 Å². The topological polar surface area (TPSA) is 88.6 Å². The maximum absolute atomic E-state index is 12.8. The Morgan fingerprint density at radius 1 is 0.778 bits per heavy atom. The van der Waals surface area contributed by atoms with E-state index in [2.05, 4.69) is 0 Å². The molecule has 0 aliphatic heterocycles. The zero-order valence-corrected chi connectivity index (χ0v) is 15.5. The molecule has 2 rings (SSSR count). The van der Waals surface area contributed by atoms with Crippen molar-refractivity contribution in [2.24, 2.45) is 0 Å². The second kappa shape index (κ2) is 7.86. The lowest BCUT2D eigenvalue weighted by molar-refractivity contribution is 0.0823. The van der Waals surface area contributed by atoms with Crippen molar-refractivity contribution in [2.45, 2.75) is 13.8 Å². The molecule has 2 aromatic carbocycles. The summed E-state index contributed by atoms with van der Waals surface area (Å²) in [6.07, 6.45) is 0.556. The van der Waals surface area contributed by atoms with Crippen molar-refractivity contribution in [1.29, 1.82) is 0 Å². The van der Waals surface area contributed by atoms with Gasteiger partial charge in [-0.15, -0.1) is 0 Å². The first kappa shape index (κ1) is 19.9. The van der Waals surface area contributed by atoms with Gasteiger partial charge in [-0.2, -0.15) is 0 Å². The maximum atomic E-state index is 12.8. The average molecular weight is 365 g/mol. The lowest BCUT2D eigenvalue weighted by Crippen LogP contribution is -2.23. The molecule has 0 saturated heterocycles. The summed E-state index contributed by atoms with van der Waals surface area (Å²) < 4.78 is 0. The van der Waals surface area contributed by atoms with Crippen LogP contribution in [0.1, 0.15) is 71.2 Å². The molecule has 0 bridgehead atoms. The largest absolute Gasteiger partial charge is 0.345 e. The summed E-state index contributed by atoms with van der Waals surface area (Å²) in [5, 5.41) is 0. The quantitative estimate of drug-likeness (QED) is 0.580. The van der Waals surface area contributed by atoms with E-state index >= 15 is 0 Å². The van der Waals surface area contributed by atoms with Crippen LogP contribution < -0.4 is 0 Å². The molecular formula is C21H19NO5. The Labute approximate surface area is 156 Å². The van der Waals surface area contributed by atoms with Crippen molar-refractivity contribution in [3.63, 3.8) is 0 Å². The van der Waals surface area contributed by atoms with Crippen LogP contribution in [0.5, 0.6) is 0 Å². The highest BCUT2D eigenvalue weighted by Gasteiger charge is 2.19. The summed E-state index contributed by atoms with van der Waals surface area (Å²) in [7, 11) is 3.09. The van der Waals surface area contributed by atoms with Crippen LogP contribution in [-0.4, -0.2) is 48.5 Å². The summed E-state index contributed by atoms with van der Waals surface area (Å²) >= 11 is 0. The number of ketones is 3. The third-order valence-electron chi connectivity index (χ3n) is 4.12. The zero-order valence-electron chi connectivity index (χ0n) is 15.5. The molecule has 0 N–H and O–H groups in total. The van der Waals surface area contributed by atoms with Crippen LogP contribution >= 0.6 is 0 Å². The fourth-order valence-corrected chi connectivity index (χ4v) is 2.68. The van der Waals surface area contributed by atoms with Gasteiger partial charge in [0.05, 0.1) is 5.56 Å². The predicted octanol–water partition coefficient (Wildman–Crippen LogP) is 2.84. The summed E-state index contributed by atoms with van der Waals surface area (Å²) in [6, 6.07) is 8.51. The smallest absolute Gasteiger partial charge is 0.254 e. The fraction of sp³-hybridized carbons (Fsp3) is 0.190. The van der Waals surface area contributed by atoms with Gasteiger partial charge < -0.3 is 4.90 Å². The normalized spacial score (nSPS) is 10.2. The lowest BCUT2D eigenvalue weighted by atomic mass is 9.93. The first-order chi connectivity index (χ1) is 12.7. The van der Waals surface area contributed by atoms with Crippen LogP contribution in [0.2, 0.25) is 0 Å². The molecule has 6 nitrogen and oxygen atoms in total. The second-order valence-electron chi connectivity index (χ2n) is 6.32. The first-order valence-corrected chi connectivity index (χ1v) is 8.18. The molecule has 0 radical (unpaired) electrons. The van der Waals surface area contributed by atoms with E-state index in [-0.39, 0.29) is 44.9 Å². The highest BCUT2D eigenvalue weighted by atomic mass is 16.2. The van der Waals surface area contributed by atoms with Crippen LogP contribution in [0.3, 0.4) is 0 Å². The highest BCUT2D eigenvalue weighted by Crippen LogP contribution is 2.19. The third kappa shape index (κ3) is 4.06. The van der Waals surface area contributed by atoms with Gasteiger partial charge in [0, 0.05) is 41.9 Å². The van der Waals surface area contributed by atoms with E-state index in [1.165, 1.54) is 55.1 Å². The summed E-state index contributed by atoms with van der Waals surface area (Å²) in [6.45, 7) is 2.67. The van der Waals surface area contributed by atoms with Gasteiger partial charge in [0.15, 0.2) is 23.6 Å². The number of Topliss-reactive ketones (excluding diaryl/α,β-unsaturated/α-hetero) is 2. The van der Waals surface area contributed by atoms with Gasteiger partial charge in [0.25, 0.3) is 5.91 Å². The monoisotopic (exact) mass is 365 g/mol. The number of hydrogen-bond acceptors (Lipinski definition) is 5. The van der Waals surface area contributed by atoms with Crippen molar-refractivity contribution in [3.8, 4) is 0 Å². The Bertz CT molecular complexity index is 973. The van der Waals surface area contributed by atoms with Crippen molar-refractivity contribution < 1.29 is 24.0 Å². The zero-order chi connectivity index (χ0) is 20.3.